The van der Waals surface area contributed by atoms with Crippen molar-refractivity contribution in [3.63, 3.8) is 0 Å². The van der Waals surface area contributed by atoms with Crippen molar-refractivity contribution in [3.05, 3.63) is 145 Å². The van der Waals surface area contributed by atoms with Crippen molar-refractivity contribution in [2.24, 2.45) is 0 Å². The van der Waals surface area contributed by atoms with Gasteiger partial charge in [-0.2, -0.15) is 0 Å². The number of anilines is 3. The summed E-state index contributed by atoms with van der Waals surface area (Å²) in [4.78, 5) is 12.6. The van der Waals surface area contributed by atoms with Crippen molar-refractivity contribution in [1.29, 1.82) is 0 Å². The Morgan fingerprint density at radius 3 is 2.02 bits per heavy atom. The van der Waals surface area contributed by atoms with Crippen molar-refractivity contribution < 1.29 is 22.3 Å². The zero-order valence-corrected chi connectivity index (χ0v) is 24.7. The SMILES string of the molecule is O=C(Nc1ccccc1)Nc1ccc(N(CCCOCc2ccccc2)S(=O)(=O)c2cccc(-c3ccc(F)cc3)c2)cc1. The Hall–Kier alpha value is -4.99. The Balaban J connectivity index is 1.34. The molecule has 0 unspecified atom stereocenters. The third-order valence-corrected chi connectivity index (χ3v) is 8.63. The van der Waals surface area contributed by atoms with Crippen molar-refractivity contribution in [1.82, 2.24) is 0 Å². The average Bonchev–Trinajstić information content (AvgIpc) is 3.04. The van der Waals surface area contributed by atoms with Crippen molar-refractivity contribution in [3.8, 4) is 11.1 Å². The van der Waals surface area contributed by atoms with Crippen LogP contribution in [-0.2, 0) is 21.4 Å². The second kappa shape index (κ2) is 14.5. The lowest BCUT2D eigenvalue weighted by molar-refractivity contribution is 0.120. The van der Waals surface area contributed by atoms with E-state index in [1.165, 1.54) is 16.4 Å². The van der Waals surface area contributed by atoms with E-state index >= 15 is 0 Å². The van der Waals surface area contributed by atoms with Crippen LogP contribution < -0.4 is 14.9 Å². The molecule has 5 aromatic rings. The first-order chi connectivity index (χ1) is 21.4. The van der Waals surface area contributed by atoms with Gasteiger partial charge in [-0.15, -0.1) is 0 Å². The molecule has 0 aromatic heterocycles. The van der Waals surface area contributed by atoms with E-state index in [-0.39, 0.29) is 17.3 Å². The summed E-state index contributed by atoms with van der Waals surface area (Å²) < 4.78 is 48.8. The summed E-state index contributed by atoms with van der Waals surface area (Å²) in [7, 11) is -4.00. The van der Waals surface area contributed by atoms with E-state index in [9.17, 15) is 17.6 Å². The van der Waals surface area contributed by atoms with E-state index in [0.29, 0.717) is 47.8 Å². The smallest absolute Gasteiger partial charge is 0.323 e. The molecule has 0 fully saturated rings. The Kier molecular flexibility index (Phi) is 10.0. The summed E-state index contributed by atoms with van der Waals surface area (Å²) in [6.45, 7) is 0.952. The lowest BCUT2D eigenvalue weighted by Gasteiger charge is -2.25. The molecule has 2 amide bonds. The summed E-state index contributed by atoms with van der Waals surface area (Å²) in [6, 6.07) is 37.5. The normalized spacial score (nSPS) is 11.1. The van der Waals surface area contributed by atoms with Gasteiger partial charge < -0.3 is 15.4 Å². The van der Waals surface area contributed by atoms with Crippen LogP contribution in [0.3, 0.4) is 0 Å². The van der Waals surface area contributed by atoms with Crippen molar-refractivity contribution >= 4 is 33.1 Å². The number of carbonyl (C=O) groups is 1. The first-order valence-electron chi connectivity index (χ1n) is 14.1. The number of urea groups is 1. The molecule has 224 valence electrons. The fourth-order valence-corrected chi connectivity index (χ4v) is 6.14. The largest absolute Gasteiger partial charge is 0.377 e. The van der Waals surface area contributed by atoms with Gasteiger partial charge in [0.15, 0.2) is 0 Å². The lowest BCUT2D eigenvalue weighted by atomic mass is 10.1. The summed E-state index contributed by atoms with van der Waals surface area (Å²) in [5.74, 6) is -0.367. The molecule has 0 aliphatic rings. The minimum absolute atomic E-state index is 0.106. The molecule has 0 saturated carbocycles. The quantitative estimate of drug-likeness (QED) is 0.141. The van der Waals surface area contributed by atoms with Crippen LogP contribution in [0.4, 0.5) is 26.2 Å². The molecule has 0 heterocycles. The van der Waals surface area contributed by atoms with Crippen molar-refractivity contribution in [2.75, 3.05) is 28.1 Å². The van der Waals surface area contributed by atoms with Gasteiger partial charge in [-0.25, -0.2) is 17.6 Å². The maximum absolute atomic E-state index is 14.1. The highest BCUT2D eigenvalue weighted by Crippen LogP contribution is 2.29. The molecule has 9 heteroatoms. The molecule has 2 N–H and O–H groups in total. The van der Waals surface area contributed by atoms with Gasteiger partial charge in [0.2, 0.25) is 0 Å². The van der Waals surface area contributed by atoms with Crippen LogP contribution in [0.15, 0.2) is 138 Å². The van der Waals surface area contributed by atoms with E-state index in [4.69, 9.17) is 4.74 Å². The molecule has 0 atom stereocenters. The minimum Gasteiger partial charge on any atom is -0.377 e. The fourth-order valence-electron chi connectivity index (χ4n) is 4.59. The second-order valence-corrected chi connectivity index (χ2v) is 11.9. The Morgan fingerprint density at radius 2 is 1.34 bits per heavy atom. The Morgan fingerprint density at radius 1 is 0.705 bits per heavy atom. The molecular formula is C35H32FN3O4S. The summed E-state index contributed by atoms with van der Waals surface area (Å²) in [5, 5.41) is 5.52. The lowest BCUT2D eigenvalue weighted by Crippen LogP contribution is -2.32. The molecule has 0 aliphatic carbocycles. The van der Waals surface area contributed by atoms with Crippen LogP contribution in [0.5, 0.6) is 0 Å². The number of benzene rings is 5. The summed E-state index contributed by atoms with van der Waals surface area (Å²) >= 11 is 0. The molecule has 0 bridgehead atoms. The van der Waals surface area contributed by atoms with Crippen LogP contribution in [0, 0.1) is 5.82 Å². The standard InChI is InChI=1S/C35H32FN3O4S/c36-30-17-15-28(16-18-30)29-11-7-14-34(25-29)44(41,42)39(23-8-24-43-26-27-9-3-1-4-10-27)33-21-19-32(20-22-33)38-35(40)37-31-12-5-2-6-13-31/h1-7,9-22,25H,8,23-24,26H2,(H2,37,38,40). The highest BCUT2D eigenvalue weighted by atomic mass is 32.2. The number of halogens is 1. The van der Waals surface area contributed by atoms with Gasteiger partial charge in [-0.1, -0.05) is 72.8 Å². The summed E-state index contributed by atoms with van der Waals surface area (Å²) in [6.07, 6.45) is 0.448. The van der Waals surface area contributed by atoms with Crippen LogP contribution in [0.1, 0.15) is 12.0 Å². The first kappa shape index (κ1) is 30.5. The van der Waals surface area contributed by atoms with Crippen LogP contribution in [0.25, 0.3) is 11.1 Å². The third kappa shape index (κ3) is 8.09. The summed E-state index contributed by atoms with van der Waals surface area (Å²) in [5.41, 5.74) is 3.98. The highest BCUT2D eigenvalue weighted by molar-refractivity contribution is 7.92. The molecule has 0 radical (unpaired) electrons. The van der Waals surface area contributed by atoms with Gasteiger partial charge >= 0.3 is 6.03 Å². The number of hydrogen-bond acceptors (Lipinski definition) is 4. The third-order valence-electron chi connectivity index (χ3n) is 6.81. The van der Waals surface area contributed by atoms with Gasteiger partial charge in [0, 0.05) is 24.5 Å². The van der Waals surface area contributed by atoms with E-state index in [0.717, 1.165) is 5.56 Å². The fraction of sp³-hybridized carbons (Fsp3) is 0.114. The van der Waals surface area contributed by atoms with Crippen LogP contribution >= 0.6 is 0 Å². The van der Waals surface area contributed by atoms with Crippen molar-refractivity contribution in [2.45, 2.75) is 17.9 Å². The monoisotopic (exact) mass is 609 g/mol. The van der Waals surface area contributed by atoms with E-state index in [1.54, 1.807) is 72.8 Å². The highest BCUT2D eigenvalue weighted by Gasteiger charge is 2.25. The number of nitrogens with one attached hydrogen (secondary N) is 2. The Bertz CT molecular complexity index is 1770. The maximum atomic E-state index is 14.1. The van der Waals surface area contributed by atoms with Crippen LogP contribution in [-0.4, -0.2) is 27.6 Å². The van der Waals surface area contributed by atoms with Gasteiger partial charge in [0.25, 0.3) is 10.0 Å². The molecule has 0 spiro atoms. The topological polar surface area (TPSA) is 87.7 Å². The molecule has 44 heavy (non-hydrogen) atoms. The number of ether oxygens (including phenoxy) is 1. The predicted molar refractivity (Wildman–Crippen MR) is 173 cm³/mol. The van der Waals surface area contributed by atoms with E-state index in [1.807, 2.05) is 48.5 Å². The van der Waals surface area contributed by atoms with Crippen LogP contribution in [0.2, 0.25) is 0 Å². The Labute approximate surface area is 257 Å². The zero-order valence-electron chi connectivity index (χ0n) is 23.9. The number of para-hydroxylation sites is 1. The molecular weight excluding hydrogens is 577 g/mol. The second-order valence-electron chi connectivity index (χ2n) is 10.00. The van der Waals surface area contributed by atoms with E-state index in [2.05, 4.69) is 10.6 Å². The molecule has 5 rings (SSSR count). The number of sulfonamides is 1. The first-order valence-corrected chi connectivity index (χ1v) is 15.6. The number of hydrogen-bond donors (Lipinski definition) is 2. The number of carbonyl (C=O) groups excluding carboxylic acids is 1. The maximum Gasteiger partial charge on any atom is 0.323 e. The molecule has 0 aliphatic heterocycles. The number of amides is 2. The van der Waals surface area contributed by atoms with Gasteiger partial charge in [0.1, 0.15) is 5.82 Å². The molecule has 0 saturated heterocycles. The minimum atomic E-state index is -4.00. The number of nitrogens with zero attached hydrogens (tertiary/aromatic N) is 1. The van der Waals surface area contributed by atoms with Gasteiger partial charge in [0.05, 0.1) is 17.2 Å². The van der Waals surface area contributed by atoms with E-state index < -0.39 is 16.1 Å². The molecule has 7 nitrogen and oxygen atoms in total. The average molecular weight is 610 g/mol. The van der Waals surface area contributed by atoms with Gasteiger partial charge in [-0.3, -0.25) is 4.31 Å². The molecule has 5 aromatic carbocycles. The van der Waals surface area contributed by atoms with Gasteiger partial charge in [-0.05, 0) is 83.8 Å². The zero-order chi connectivity index (χ0) is 30.8. The number of rotatable bonds is 12. The predicted octanol–water partition coefficient (Wildman–Crippen LogP) is 7.94.